The molecule has 0 aliphatic carbocycles. The fraction of sp³-hybridized carbons (Fsp3) is 0.412. The largest absolute Gasteiger partial charge is 0.476 e. The van der Waals surface area contributed by atoms with E-state index in [9.17, 15) is 14.7 Å². The average molecular weight is 423 g/mol. The third kappa shape index (κ3) is 3.72. The predicted molar refractivity (Wildman–Crippen MR) is 97.3 cm³/mol. The molecule has 0 fully saturated rings. The number of pyridine rings is 1. The highest BCUT2D eigenvalue weighted by Gasteiger charge is 2.26. The van der Waals surface area contributed by atoms with Crippen LogP contribution in [0, 0.1) is 0 Å². The fourth-order valence-electron chi connectivity index (χ4n) is 2.71. The first-order valence-electron chi connectivity index (χ1n) is 8.08. The van der Waals surface area contributed by atoms with Gasteiger partial charge in [-0.1, -0.05) is 0 Å². The van der Waals surface area contributed by atoms with Gasteiger partial charge in [-0.2, -0.15) is 0 Å². The molecule has 26 heavy (non-hydrogen) atoms. The molecule has 1 aliphatic heterocycles. The molecule has 0 bridgehead atoms. The second kappa shape index (κ2) is 6.71. The van der Waals surface area contributed by atoms with Crippen molar-refractivity contribution in [3.8, 4) is 0 Å². The summed E-state index contributed by atoms with van der Waals surface area (Å²) in [6.45, 7) is 6.95. The number of imidazole rings is 1. The molecule has 1 aliphatic rings. The molecule has 0 amide bonds. The van der Waals surface area contributed by atoms with Crippen LogP contribution in [-0.4, -0.2) is 43.7 Å². The molecule has 3 heterocycles. The van der Waals surface area contributed by atoms with Gasteiger partial charge in [0.05, 0.1) is 23.0 Å². The summed E-state index contributed by atoms with van der Waals surface area (Å²) in [6, 6.07) is 3.52. The number of anilines is 1. The van der Waals surface area contributed by atoms with Crippen molar-refractivity contribution in [3.63, 3.8) is 0 Å². The number of carbonyl (C=O) groups is 2. The maximum atomic E-state index is 12.4. The number of carbonyl (C=O) groups excluding carboxylic acids is 1. The zero-order valence-corrected chi connectivity index (χ0v) is 16.3. The minimum atomic E-state index is -1.06. The van der Waals surface area contributed by atoms with Gasteiger partial charge in [0, 0.05) is 13.1 Å². The predicted octanol–water partition coefficient (Wildman–Crippen LogP) is 2.71. The Hall–Kier alpha value is -2.42. The van der Waals surface area contributed by atoms with E-state index < -0.39 is 17.5 Å². The SMILES string of the molecule is CC(C)(C)OC(=O)c1nc(N2CCn3cnc(C(=O)O)c3C2)ccc1Br. The molecule has 0 unspecified atom stereocenters. The Balaban J connectivity index is 1.89. The number of aromatic carboxylic acids is 1. The molecule has 138 valence electrons. The lowest BCUT2D eigenvalue weighted by atomic mass is 10.2. The topological polar surface area (TPSA) is 97.5 Å². The van der Waals surface area contributed by atoms with Crippen molar-refractivity contribution in [1.82, 2.24) is 14.5 Å². The molecule has 0 atom stereocenters. The van der Waals surface area contributed by atoms with E-state index in [-0.39, 0.29) is 11.4 Å². The standard InChI is InChI=1S/C17H19BrN4O4/c1-17(2,3)26-16(25)13-10(18)4-5-12(20-13)21-6-7-22-9-19-14(15(23)24)11(22)8-21/h4-5,9H,6-8H2,1-3H3,(H,23,24). The summed E-state index contributed by atoms with van der Waals surface area (Å²) in [5.41, 5.74) is 0.226. The van der Waals surface area contributed by atoms with Crippen LogP contribution in [0.3, 0.4) is 0 Å². The maximum absolute atomic E-state index is 12.4. The van der Waals surface area contributed by atoms with Crippen molar-refractivity contribution in [2.75, 3.05) is 11.4 Å². The normalized spacial score (nSPS) is 14.1. The van der Waals surface area contributed by atoms with E-state index in [1.54, 1.807) is 32.9 Å². The molecule has 0 saturated heterocycles. The van der Waals surface area contributed by atoms with E-state index in [0.29, 0.717) is 35.6 Å². The van der Waals surface area contributed by atoms with Crippen molar-refractivity contribution < 1.29 is 19.4 Å². The van der Waals surface area contributed by atoms with Crippen LogP contribution in [0.1, 0.15) is 47.4 Å². The van der Waals surface area contributed by atoms with Gasteiger partial charge in [0.25, 0.3) is 0 Å². The Morgan fingerprint density at radius 3 is 2.62 bits per heavy atom. The first-order chi connectivity index (χ1) is 12.2. The molecular formula is C17H19BrN4O4. The van der Waals surface area contributed by atoms with Crippen LogP contribution in [0.15, 0.2) is 22.9 Å². The average Bonchev–Trinajstić information content (AvgIpc) is 2.96. The van der Waals surface area contributed by atoms with Gasteiger partial charge in [-0.3, -0.25) is 0 Å². The van der Waals surface area contributed by atoms with Crippen molar-refractivity contribution in [2.24, 2.45) is 0 Å². The lowest BCUT2D eigenvalue weighted by molar-refractivity contribution is 0.00616. The van der Waals surface area contributed by atoms with Crippen molar-refractivity contribution in [1.29, 1.82) is 0 Å². The molecule has 2 aromatic rings. The number of fused-ring (bicyclic) bond motifs is 1. The lowest BCUT2D eigenvalue weighted by Crippen LogP contribution is -2.35. The third-order valence-electron chi connectivity index (χ3n) is 3.85. The van der Waals surface area contributed by atoms with Gasteiger partial charge >= 0.3 is 11.9 Å². The zero-order valence-electron chi connectivity index (χ0n) is 14.7. The van der Waals surface area contributed by atoms with Crippen LogP contribution in [0.4, 0.5) is 5.82 Å². The van der Waals surface area contributed by atoms with Crippen LogP contribution in [0.5, 0.6) is 0 Å². The number of hydrogen-bond acceptors (Lipinski definition) is 6. The summed E-state index contributed by atoms with van der Waals surface area (Å²) < 4.78 is 7.77. The Morgan fingerprint density at radius 2 is 1.96 bits per heavy atom. The van der Waals surface area contributed by atoms with Gasteiger partial charge in [-0.05, 0) is 48.8 Å². The fourth-order valence-corrected chi connectivity index (χ4v) is 3.09. The van der Waals surface area contributed by atoms with Crippen LogP contribution in [-0.2, 0) is 17.8 Å². The monoisotopic (exact) mass is 422 g/mol. The summed E-state index contributed by atoms with van der Waals surface area (Å²) in [4.78, 5) is 34.0. The molecule has 3 rings (SSSR count). The number of carboxylic acid groups (broad SMARTS) is 1. The Morgan fingerprint density at radius 1 is 1.23 bits per heavy atom. The van der Waals surface area contributed by atoms with E-state index in [1.807, 2.05) is 9.47 Å². The number of nitrogens with zero attached hydrogens (tertiary/aromatic N) is 4. The summed E-state index contributed by atoms with van der Waals surface area (Å²) in [5, 5.41) is 9.27. The van der Waals surface area contributed by atoms with E-state index in [0.717, 1.165) is 0 Å². The lowest BCUT2D eigenvalue weighted by Gasteiger charge is -2.29. The number of halogens is 1. The van der Waals surface area contributed by atoms with Gasteiger partial charge in [0.2, 0.25) is 0 Å². The number of aromatic nitrogens is 3. The third-order valence-corrected chi connectivity index (χ3v) is 4.49. The quantitative estimate of drug-likeness (QED) is 0.759. The smallest absolute Gasteiger partial charge is 0.358 e. The first kappa shape index (κ1) is 18.4. The van der Waals surface area contributed by atoms with E-state index in [4.69, 9.17) is 4.74 Å². The van der Waals surface area contributed by atoms with Gasteiger partial charge < -0.3 is 19.3 Å². The Kier molecular flexibility index (Phi) is 4.74. The molecule has 2 aromatic heterocycles. The highest BCUT2D eigenvalue weighted by Crippen LogP contribution is 2.26. The number of rotatable bonds is 3. The minimum Gasteiger partial charge on any atom is -0.476 e. The highest BCUT2D eigenvalue weighted by atomic mass is 79.9. The summed E-state index contributed by atoms with van der Waals surface area (Å²) >= 11 is 3.34. The Labute approximate surface area is 158 Å². The molecule has 8 nitrogen and oxygen atoms in total. The molecular weight excluding hydrogens is 404 g/mol. The van der Waals surface area contributed by atoms with Gasteiger partial charge in [0.15, 0.2) is 11.4 Å². The number of carboxylic acids is 1. The molecule has 0 radical (unpaired) electrons. The molecule has 1 N–H and O–H groups in total. The molecule has 0 aromatic carbocycles. The van der Waals surface area contributed by atoms with Crippen molar-refractivity contribution in [3.05, 3.63) is 40.0 Å². The minimum absolute atomic E-state index is 0.0409. The van der Waals surface area contributed by atoms with E-state index in [2.05, 4.69) is 25.9 Å². The molecule has 0 spiro atoms. The summed E-state index contributed by atoms with van der Waals surface area (Å²) in [5.74, 6) is -0.990. The van der Waals surface area contributed by atoms with Crippen LogP contribution >= 0.6 is 15.9 Å². The number of hydrogen-bond donors (Lipinski definition) is 1. The summed E-state index contributed by atoms with van der Waals surface area (Å²) in [7, 11) is 0. The second-order valence-electron chi connectivity index (χ2n) is 6.96. The van der Waals surface area contributed by atoms with Gasteiger partial charge in [0.1, 0.15) is 11.4 Å². The van der Waals surface area contributed by atoms with Crippen molar-refractivity contribution >= 4 is 33.7 Å². The molecule has 9 heteroatoms. The zero-order chi connectivity index (χ0) is 19.1. The number of ether oxygens (including phenoxy) is 1. The Bertz CT molecular complexity index is 872. The molecule has 0 saturated carbocycles. The highest BCUT2D eigenvalue weighted by molar-refractivity contribution is 9.10. The van der Waals surface area contributed by atoms with Crippen LogP contribution in [0.2, 0.25) is 0 Å². The van der Waals surface area contributed by atoms with Crippen molar-refractivity contribution in [2.45, 2.75) is 39.5 Å². The first-order valence-corrected chi connectivity index (χ1v) is 8.87. The number of esters is 1. The summed E-state index contributed by atoms with van der Waals surface area (Å²) in [6.07, 6.45) is 1.54. The van der Waals surface area contributed by atoms with E-state index in [1.165, 1.54) is 6.33 Å². The van der Waals surface area contributed by atoms with Crippen LogP contribution < -0.4 is 4.90 Å². The second-order valence-corrected chi connectivity index (χ2v) is 7.82. The van der Waals surface area contributed by atoms with E-state index >= 15 is 0 Å². The van der Waals surface area contributed by atoms with Gasteiger partial charge in [-0.15, -0.1) is 0 Å². The van der Waals surface area contributed by atoms with Gasteiger partial charge in [-0.25, -0.2) is 19.6 Å². The maximum Gasteiger partial charge on any atom is 0.358 e. The van der Waals surface area contributed by atoms with Crippen LogP contribution in [0.25, 0.3) is 0 Å².